The van der Waals surface area contributed by atoms with Crippen LogP contribution in [0.4, 0.5) is 0 Å². The molecule has 1 aliphatic heterocycles. The summed E-state index contributed by atoms with van der Waals surface area (Å²) < 4.78 is 11.1. The fourth-order valence-electron chi connectivity index (χ4n) is 1.91. The van der Waals surface area contributed by atoms with Gasteiger partial charge in [-0.05, 0) is 38.5 Å². The van der Waals surface area contributed by atoms with Crippen molar-refractivity contribution in [2.24, 2.45) is 4.99 Å². The zero-order valence-corrected chi connectivity index (χ0v) is 11.7. The van der Waals surface area contributed by atoms with Gasteiger partial charge in [-0.25, -0.2) is 4.99 Å². The third kappa shape index (κ3) is 3.70. The number of aliphatic imine (C=N–C) groups is 1. The average molecular weight is 263 g/mol. The number of ether oxygens (including phenoxy) is 2. The smallest absolute Gasteiger partial charge is 0.188 e. The first kappa shape index (κ1) is 13.9. The molecular weight excluding hydrogens is 242 g/mol. The van der Waals surface area contributed by atoms with Gasteiger partial charge in [0.05, 0.1) is 12.7 Å². The molecule has 1 N–H and O–H groups in total. The van der Waals surface area contributed by atoms with Crippen LogP contribution in [0, 0.1) is 0 Å². The molecule has 0 fully saturated rings. The SMILES string of the molecule is CC(C)Oc1ccc(CC2=N[C@@](C)(CO)CO2)cc1. The maximum absolute atomic E-state index is 9.23. The summed E-state index contributed by atoms with van der Waals surface area (Å²) in [5.74, 6) is 1.56. The lowest BCUT2D eigenvalue weighted by Crippen LogP contribution is -2.28. The Morgan fingerprint density at radius 2 is 2.05 bits per heavy atom. The van der Waals surface area contributed by atoms with Gasteiger partial charge in [0, 0.05) is 6.42 Å². The van der Waals surface area contributed by atoms with E-state index < -0.39 is 5.54 Å². The van der Waals surface area contributed by atoms with Crippen molar-refractivity contribution in [1.82, 2.24) is 0 Å². The molecule has 0 radical (unpaired) electrons. The molecule has 1 aliphatic rings. The van der Waals surface area contributed by atoms with Gasteiger partial charge in [0.15, 0.2) is 5.90 Å². The Hall–Kier alpha value is -1.55. The number of aliphatic hydroxyl groups is 1. The second-order valence-electron chi connectivity index (χ2n) is 5.44. The van der Waals surface area contributed by atoms with Crippen LogP contribution < -0.4 is 4.74 Å². The maximum atomic E-state index is 9.23. The Kier molecular flexibility index (Phi) is 4.10. The van der Waals surface area contributed by atoms with Crippen molar-refractivity contribution < 1.29 is 14.6 Å². The first-order valence-corrected chi connectivity index (χ1v) is 6.59. The number of hydrogen-bond donors (Lipinski definition) is 1. The highest BCUT2D eigenvalue weighted by molar-refractivity contribution is 5.80. The molecule has 1 aromatic carbocycles. The van der Waals surface area contributed by atoms with Gasteiger partial charge in [0.25, 0.3) is 0 Å². The van der Waals surface area contributed by atoms with E-state index in [1.165, 1.54) is 0 Å². The summed E-state index contributed by atoms with van der Waals surface area (Å²) >= 11 is 0. The maximum Gasteiger partial charge on any atom is 0.188 e. The molecule has 0 aliphatic carbocycles. The molecule has 4 nitrogen and oxygen atoms in total. The second kappa shape index (κ2) is 5.61. The van der Waals surface area contributed by atoms with Gasteiger partial charge < -0.3 is 14.6 Å². The van der Waals surface area contributed by atoms with Gasteiger partial charge in [-0.15, -0.1) is 0 Å². The molecule has 0 saturated heterocycles. The van der Waals surface area contributed by atoms with Crippen LogP contribution in [0.1, 0.15) is 26.3 Å². The molecule has 4 heteroatoms. The summed E-state index contributed by atoms with van der Waals surface area (Å²) in [6.45, 7) is 6.36. The molecule has 0 aromatic heterocycles. The van der Waals surface area contributed by atoms with Gasteiger partial charge in [-0.3, -0.25) is 0 Å². The zero-order chi connectivity index (χ0) is 13.9. The van der Waals surface area contributed by atoms with Crippen LogP contribution in [0.2, 0.25) is 0 Å². The monoisotopic (exact) mass is 263 g/mol. The van der Waals surface area contributed by atoms with Crippen LogP contribution in [0.3, 0.4) is 0 Å². The minimum Gasteiger partial charge on any atom is -0.491 e. The number of nitrogens with zero attached hydrogens (tertiary/aromatic N) is 1. The fraction of sp³-hybridized carbons (Fsp3) is 0.533. The summed E-state index contributed by atoms with van der Waals surface area (Å²) in [5, 5.41) is 9.23. The van der Waals surface area contributed by atoms with Crippen molar-refractivity contribution in [1.29, 1.82) is 0 Å². The molecule has 0 spiro atoms. The highest BCUT2D eigenvalue weighted by atomic mass is 16.5. The topological polar surface area (TPSA) is 51.0 Å². The minimum atomic E-state index is -0.476. The Balaban J connectivity index is 1.99. The van der Waals surface area contributed by atoms with E-state index in [2.05, 4.69) is 4.99 Å². The molecule has 2 rings (SSSR count). The zero-order valence-electron chi connectivity index (χ0n) is 11.7. The van der Waals surface area contributed by atoms with Crippen LogP contribution in [-0.2, 0) is 11.2 Å². The molecule has 1 atom stereocenters. The second-order valence-corrected chi connectivity index (χ2v) is 5.44. The number of hydrogen-bond acceptors (Lipinski definition) is 4. The first-order valence-electron chi connectivity index (χ1n) is 6.59. The minimum absolute atomic E-state index is 0.0116. The van der Waals surface area contributed by atoms with Crippen LogP contribution in [0.25, 0.3) is 0 Å². The molecule has 104 valence electrons. The van der Waals surface area contributed by atoms with Gasteiger partial charge in [0.1, 0.15) is 17.9 Å². The Labute approximate surface area is 114 Å². The molecule has 1 heterocycles. The summed E-state index contributed by atoms with van der Waals surface area (Å²) in [5.41, 5.74) is 0.646. The van der Waals surface area contributed by atoms with Gasteiger partial charge in [0.2, 0.25) is 0 Å². The van der Waals surface area contributed by atoms with Crippen molar-refractivity contribution in [3.05, 3.63) is 29.8 Å². The average Bonchev–Trinajstić information content (AvgIpc) is 2.74. The van der Waals surface area contributed by atoms with Crippen molar-refractivity contribution in [2.75, 3.05) is 13.2 Å². The summed E-state index contributed by atoms with van der Waals surface area (Å²) in [7, 11) is 0. The van der Waals surface area contributed by atoms with E-state index in [0.29, 0.717) is 18.9 Å². The normalized spacial score (nSPS) is 22.3. The van der Waals surface area contributed by atoms with Crippen LogP contribution in [0.5, 0.6) is 5.75 Å². The Bertz CT molecular complexity index is 453. The molecule has 0 bridgehead atoms. The summed E-state index contributed by atoms with van der Waals surface area (Å²) in [4.78, 5) is 4.42. The Morgan fingerprint density at radius 1 is 1.37 bits per heavy atom. The molecule has 0 amide bonds. The standard InChI is InChI=1S/C15H21NO3/c1-11(2)19-13-6-4-12(5-7-13)8-14-16-15(3,9-17)10-18-14/h4-7,11,17H,8-10H2,1-3H3/t15-/m0/s1. The van der Waals surface area contributed by atoms with Gasteiger partial charge >= 0.3 is 0 Å². The summed E-state index contributed by atoms with van der Waals surface area (Å²) in [6, 6.07) is 7.93. The highest BCUT2D eigenvalue weighted by Crippen LogP contribution is 2.20. The van der Waals surface area contributed by atoms with E-state index in [0.717, 1.165) is 11.3 Å². The predicted molar refractivity (Wildman–Crippen MR) is 74.8 cm³/mol. The predicted octanol–water partition coefficient (Wildman–Crippen LogP) is 2.20. The number of rotatable bonds is 5. The van der Waals surface area contributed by atoms with Crippen LogP contribution >= 0.6 is 0 Å². The van der Waals surface area contributed by atoms with Crippen LogP contribution in [0.15, 0.2) is 29.3 Å². The van der Waals surface area contributed by atoms with E-state index in [-0.39, 0.29) is 12.7 Å². The van der Waals surface area contributed by atoms with Crippen molar-refractivity contribution in [3.8, 4) is 5.75 Å². The van der Waals surface area contributed by atoms with Crippen LogP contribution in [-0.4, -0.2) is 35.9 Å². The molecule has 1 aromatic rings. The number of aliphatic hydroxyl groups excluding tert-OH is 1. The first-order chi connectivity index (χ1) is 9.00. The third-order valence-corrected chi connectivity index (χ3v) is 2.94. The molecule has 0 saturated carbocycles. The Morgan fingerprint density at radius 3 is 2.58 bits per heavy atom. The van der Waals surface area contributed by atoms with Gasteiger partial charge in [-0.2, -0.15) is 0 Å². The van der Waals surface area contributed by atoms with E-state index in [1.807, 2.05) is 45.0 Å². The van der Waals surface area contributed by atoms with Gasteiger partial charge in [-0.1, -0.05) is 12.1 Å². The fourth-order valence-corrected chi connectivity index (χ4v) is 1.91. The molecule has 0 unspecified atom stereocenters. The number of benzene rings is 1. The summed E-state index contributed by atoms with van der Waals surface area (Å²) in [6.07, 6.45) is 0.830. The lowest BCUT2D eigenvalue weighted by molar-refractivity contribution is 0.169. The largest absolute Gasteiger partial charge is 0.491 e. The van der Waals surface area contributed by atoms with Crippen molar-refractivity contribution >= 4 is 5.90 Å². The quantitative estimate of drug-likeness (QED) is 0.886. The van der Waals surface area contributed by atoms with E-state index in [9.17, 15) is 5.11 Å². The van der Waals surface area contributed by atoms with Crippen molar-refractivity contribution in [3.63, 3.8) is 0 Å². The van der Waals surface area contributed by atoms with E-state index in [1.54, 1.807) is 0 Å². The third-order valence-electron chi connectivity index (χ3n) is 2.94. The van der Waals surface area contributed by atoms with E-state index in [4.69, 9.17) is 9.47 Å². The molecule has 19 heavy (non-hydrogen) atoms. The highest BCUT2D eigenvalue weighted by Gasteiger charge is 2.30. The molecular formula is C15H21NO3. The van der Waals surface area contributed by atoms with E-state index >= 15 is 0 Å². The van der Waals surface area contributed by atoms with Crippen molar-refractivity contribution in [2.45, 2.75) is 38.8 Å². The lowest BCUT2D eigenvalue weighted by Gasteiger charge is -2.12. The lowest BCUT2D eigenvalue weighted by atomic mass is 10.1.